The van der Waals surface area contributed by atoms with Gasteiger partial charge in [0.1, 0.15) is 39.9 Å². The van der Waals surface area contributed by atoms with Crippen molar-refractivity contribution in [3.63, 3.8) is 0 Å². The number of aliphatic hydroxyl groups excluding tert-OH is 1. The highest BCUT2D eigenvalue weighted by atomic mass is 16.3. The number of carbonyl (C=O) groups is 11. The van der Waals surface area contributed by atoms with Gasteiger partial charge in [-0.3, -0.25) is 52.7 Å². The van der Waals surface area contributed by atoms with Crippen molar-refractivity contribution in [1.82, 2.24) is 57.5 Å². The standard InChI is InChI=1S/C58H69N21O12/c1-72-15-14-61-50(72)58(91)71-37-21-43(76(5)30-37)54(87)64-13-10-48(82)66-38-24-46(79(31-38)16-17-80)57(90)70-35-20-41(75(4)28-35)52(85)62-11-8-39(59)51(84)67-33-22-44(77(6)26-33)55(88)69-36-23-45(78(7)29-36)56(89)68-34-19-42(74(3)27-34)53(86)63-12-9-47(81)65-32-18-40(49(60)83)73(2)25-32/h14-15,18-31,39,80H,8-13,16-17,59H2,1-7H3,(H2,60,83)(H,62,85)(H,63,86)(H,64,87)(H,65,81)(H,66,82)(H,67,84)(H,68,89)(H,69,88)(H,70,90)(H,71,91)/t39-/m1/s1. The monoisotopic (exact) mass is 1250 g/mol. The van der Waals surface area contributed by atoms with Gasteiger partial charge < -0.3 is 106 Å². The fourth-order valence-corrected chi connectivity index (χ4v) is 9.59. The number of aliphatic hydroxyl groups is 1. The quantitative estimate of drug-likeness (QED) is 0.0341. The van der Waals surface area contributed by atoms with E-state index in [1.165, 1.54) is 118 Å². The van der Waals surface area contributed by atoms with Crippen LogP contribution in [0.3, 0.4) is 0 Å². The van der Waals surface area contributed by atoms with Gasteiger partial charge in [-0.15, -0.1) is 0 Å². The van der Waals surface area contributed by atoms with Crippen LogP contribution < -0.4 is 64.6 Å². The molecule has 0 aromatic carbocycles. The number of amides is 11. The largest absolute Gasteiger partial charge is 0.395 e. The second kappa shape index (κ2) is 28.4. The summed E-state index contributed by atoms with van der Waals surface area (Å²) in [6.07, 6.45) is 13.6. The summed E-state index contributed by atoms with van der Waals surface area (Å²) in [5, 5.41) is 36.7. The molecule has 8 aromatic rings. The average molecular weight is 1250 g/mol. The molecule has 0 bridgehead atoms. The molecule has 8 aromatic heterocycles. The lowest BCUT2D eigenvalue weighted by Crippen LogP contribution is -2.39. The minimum Gasteiger partial charge on any atom is -0.395 e. The van der Waals surface area contributed by atoms with Gasteiger partial charge in [-0.05, 0) is 48.9 Å². The lowest BCUT2D eigenvalue weighted by atomic mass is 10.2. The van der Waals surface area contributed by atoms with Crippen LogP contribution in [0.1, 0.15) is 103 Å². The molecule has 0 aliphatic heterocycles. The summed E-state index contributed by atoms with van der Waals surface area (Å²) in [6.45, 7) is -0.404. The normalized spacial score (nSPS) is 11.3. The minimum absolute atomic E-state index is 0.00465. The molecule has 0 unspecified atom stereocenters. The number of nitrogens with one attached hydrogen (secondary N) is 10. The SMILES string of the molecule is Cn1cc(NC(=O)CCNC(=O)c2cc(NC(=O)c3cc(NC(=O)c4cc(NC(=O)[C@H](N)CCNC(=O)c5cc(NC(=O)c6cc(NC(=O)CCNC(=O)c7cc(NC(=O)c8nccn8C)cn7C)cn6CCO)cn5C)cn4C)cn3C)cn2C)cc1C(N)=O. The van der Waals surface area contributed by atoms with Crippen molar-refractivity contribution >= 4 is 105 Å². The minimum atomic E-state index is -1.09. The molecule has 0 fully saturated rings. The Morgan fingerprint density at radius 1 is 0.429 bits per heavy atom. The molecule has 11 amide bonds. The van der Waals surface area contributed by atoms with Crippen LogP contribution in [0.4, 0.5) is 39.8 Å². The summed E-state index contributed by atoms with van der Waals surface area (Å²) in [6, 6.07) is 9.02. The fraction of sp³-hybridized carbons (Fsp3) is 0.276. The summed E-state index contributed by atoms with van der Waals surface area (Å²) in [5.74, 6) is -5.67. The number of hydrogen-bond acceptors (Lipinski definition) is 14. The number of rotatable bonds is 27. The first-order valence-corrected chi connectivity index (χ1v) is 28.1. The number of aromatic nitrogens is 9. The maximum absolute atomic E-state index is 13.6. The highest BCUT2D eigenvalue weighted by molar-refractivity contribution is 6.09. The summed E-state index contributed by atoms with van der Waals surface area (Å²) in [7, 11) is 11.3. The molecule has 0 aliphatic carbocycles. The molecule has 0 spiro atoms. The topological polar surface area (TPSA) is 433 Å². The smallest absolute Gasteiger partial charge is 0.291 e. The molecule has 15 N–H and O–H groups in total. The number of hydrogen-bond donors (Lipinski definition) is 13. The van der Waals surface area contributed by atoms with E-state index in [-0.39, 0.29) is 120 Å². The highest BCUT2D eigenvalue weighted by Gasteiger charge is 2.24. The van der Waals surface area contributed by atoms with Gasteiger partial charge in [0.2, 0.25) is 17.7 Å². The van der Waals surface area contributed by atoms with E-state index in [0.717, 1.165) is 0 Å². The molecule has 0 aliphatic rings. The van der Waals surface area contributed by atoms with Gasteiger partial charge >= 0.3 is 0 Å². The first-order valence-electron chi connectivity index (χ1n) is 28.1. The van der Waals surface area contributed by atoms with Gasteiger partial charge in [0, 0.05) is 144 Å². The molecule has 0 saturated heterocycles. The third-order valence-corrected chi connectivity index (χ3v) is 14.2. The molecular weight excluding hydrogens is 1180 g/mol. The van der Waals surface area contributed by atoms with Crippen LogP contribution in [0, 0.1) is 0 Å². The van der Waals surface area contributed by atoms with E-state index in [1.807, 2.05) is 0 Å². The van der Waals surface area contributed by atoms with Crippen molar-refractivity contribution in [3.05, 3.63) is 144 Å². The van der Waals surface area contributed by atoms with Crippen LogP contribution in [-0.4, -0.2) is 144 Å². The molecular formula is C58H69N21O12. The van der Waals surface area contributed by atoms with Gasteiger partial charge in [-0.2, -0.15) is 0 Å². The summed E-state index contributed by atoms with van der Waals surface area (Å²) in [5.41, 5.74) is 14.8. The van der Waals surface area contributed by atoms with E-state index in [4.69, 9.17) is 11.5 Å². The lowest BCUT2D eigenvalue weighted by Gasteiger charge is -2.12. The lowest BCUT2D eigenvalue weighted by molar-refractivity contribution is -0.118. The highest BCUT2D eigenvalue weighted by Crippen LogP contribution is 2.23. The van der Waals surface area contributed by atoms with Crippen LogP contribution in [0.15, 0.2) is 98.2 Å². The second-order valence-corrected chi connectivity index (χ2v) is 21.2. The first kappa shape index (κ1) is 65.2. The van der Waals surface area contributed by atoms with Crippen molar-refractivity contribution < 1.29 is 57.8 Å². The zero-order chi connectivity index (χ0) is 66.0. The summed E-state index contributed by atoms with van der Waals surface area (Å²) >= 11 is 0. The Labute approximate surface area is 518 Å². The predicted molar refractivity (Wildman–Crippen MR) is 332 cm³/mol. The van der Waals surface area contributed by atoms with Crippen LogP contribution >= 0.6 is 0 Å². The van der Waals surface area contributed by atoms with Crippen LogP contribution in [0.5, 0.6) is 0 Å². The van der Waals surface area contributed by atoms with E-state index < -0.39 is 71.0 Å². The number of carbonyl (C=O) groups excluding carboxylic acids is 11. The van der Waals surface area contributed by atoms with Gasteiger partial charge in [-0.1, -0.05) is 0 Å². The Bertz CT molecular complexity index is 4140. The zero-order valence-electron chi connectivity index (χ0n) is 50.6. The molecule has 478 valence electrons. The van der Waals surface area contributed by atoms with E-state index in [9.17, 15) is 57.8 Å². The van der Waals surface area contributed by atoms with Gasteiger partial charge in [0.25, 0.3) is 47.3 Å². The number of imidazole rings is 1. The molecule has 0 saturated carbocycles. The van der Waals surface area contributed by atoms with E-state index >= 15 is 0 Å². The van der Waals surface area contributed by atoms with Crippen LogP contribution in [0.2, 0.25) is 0 Å². The van der Waals surface area contributed by atoms with Gasteiger partial charge in [0.05, 0.1) is 52.5 Å². The fourth-order valence-electron chi connectivity index (χ4n) is 9.59. The maximum atomic E-state index is 13.6. The van der Waals surface area contributed by atoms with Crippen molar-refractivity contribution in [2.45, 2.75) is 31.8 Å². The van der Waals surface area contributed by atoms with Crippen LogP contribution in [-0.2, 0) is 70.3 Å². The molecule has 1 atom stereocenters. The number of anilines is 7. The van der Waals surface area contributed by atoms with E-state index in [0.29, 0.717) is 17.1 Å². The average Bonchev–Trinajstić information content (AvgIpc) is 3.12. The second-order valence-electron chi connectivity index (χ2n) is 21.2. The molecule has 0 radical (unpaired) electrons. The maximum Gasteiger partial charge on any atom is 0.291 e. The number of aryl methyl sites for hydroxylation is 7. The van der Waals surface area contributed by atoms with E-state index in [1.54, 1.807) is 66.3 Å². The molecule has 33 nitrogen and oxygen atoms in total. The summed E-state index contributed by atoms with van der Waals surface area (Å²) < 4.78 is 11.9. The number of primary amides is 1. The first-order chi connectivity index (χ1) is 43.2. The molecule has 8 rings (SSSR count). The number of nitrogens with zero attached hydrogens (tertiary/aromatic N) is 9. The van der Waals surface area contributed by atoms with Crippen molar-refractivity contribution in [1.29, 1.82) is 0 Å². The van der Waals surface area contributed by atoms with Gasteiger partial charge in [0.15, 0.2) is 5.82 Å². The van der Waals surface area contributed by atoms with Crippen molar-refractivity contribution in [2.24, 2.45) is 60.8 Å². The van der Waals surface area contributed by atoms with Crippen molar-refractivity contribution in [3.8, 4) is 0 Å². The molecule has 33 heteroatoms. The Balaban J connectivity index is 0.749. The third-order valence-electron chi connectivity index (χ3n) is 14.2. The Hall–Kier alpha value is -11.7. The van der Waals surface area contributed by atoms with Crippen LogP contribution in [0.25, 0.3) is 0 Å². The zero-order valence-corrected chi connectivity index (χ0v) is 50.6. The van der Waals surface area contributed by atoms with Gasteiger partial charge in [-0.25, -0.2) is 4.98 Å². The molecule has 8 heterocycles. The Morgan fingerprint density at radius 2 is 0.769 bits per heavy atom. The Morgan fingerprint density at radius 3 is 1.16 bits per heavy atom. The van der Waals surface area contributed by atoms with Crippen molar-refractivity contribution in [2.75, 3.05) is 63.5 Å². The third kappa shape index (κ3) is 16.3. The predicted octanol–water partition coefficient (Wildman–Crippen LogP) is 0.956. The summed E-state index contributed by atoms with van der Waals surface area (Å²) in [4.78, 5) is 146. The van der Waals surface area contributed by atoms with E-state index in [2.05, 4.69) is 58.2 Å². The Kier molecular flexibility index (Phi) is 20.4. The number of nitrogens with two attached hydrogens (primary N) is 2. The molecule has 91 heavy (non-hydrogen) atoms.